The summed E-state index contributed by atoms with van der Waals surface area (Å²) in [6, 6.07) is 15.5. The number of hydroxylamine groups is 2. The zero-order chi connectivity index (χ0) is 22.1. The zero-order valence-electron chi connectivity index (χ0n) is 18.2. The van der Waals surface area contributed by atoms with Crippen LogP contribution in [0.4, 0.5) is 10.5 Å². The molecule has 2 aliphatic rings. The van der Waals surface area contributed by atoms with Gasteiger partial charge in [0.1, 0.15) is 5.60 Å². The van der Waals surface area contributed by atoms with Crippen LogP contribution < -0.4 is 5.32 Å². The Labute approximate surface area is 188 Å². The van der Waals surface area contributed by atoms with Crippen molar-refractivity contribution in [1.29, 1.82) is 0 Å². The smallest absolute Gasteiger partial charge is 0.388 e. The van der Waals surface area contributed by atoms with Crippen LogP contribution >= 0.6 is 11.6 Å². The molecule has 0 radical (unpaired) electrons. The molecule has 0 unspecified atom stereocenters. The summed E-state index contributed by atoms with van der Waals surface area (Å²) in [6.45, 7) is 7.67. The second-order valence-electron chi connectivity index (χ2n) is 9.26. The summed E-state index contributed by atoms with van der Waals surface area (Å²) in [4.78, 5) is 23.6. The van der Waals surface area contributed by atoms with E-state index in [1.807, 2.05) is 48.5 Å². The van der Waals surface area contributed by atoms with Gasteiger partial charge in [0.05, 0.1) is 5.71 Å². The molecule has 2 heterocycles. The third kappa shape index (κ3) is 5.20. The quantitative estimate of drug-likeness (QED) is 0.657. The van der Waals surface area contributed by atoms with Crippen molar-refractivity contribution in [1.82, 2.24) is 5.06 Å². The van der Waals surface area contributed by atoms with Crippen LogP contribution in [-0.4, -0.2) is 35.6 Å². The maximum atomic E-state index is 12.3. The molecule has 4 rings (SSSR count). The maximum Gasteiger partial charge on any atom is 0.430 e. The van der Waals surface area contributed by atoms with Gasteiger partial charge in [-0.3, -0.25) is 5.32 Å². The molecule has 2 aliphatic heterocycles. The van der Waals surface area contributed by atoms with Gasteiger partial charge in [-0.05, 0) is 40.8 Å². The Morgan fingerprint density at radius 3 is 2.35 bits per heavy atom. The van der Waals surface area contributed by atoms with Crippen molar-refractivity contribution in [2.45, 2.75) is 51.0 Å². The zero-order valence-corrected chi connectivity index (χ0v) is 18.9. The Hall–Kier alpha value is -2.57. The Bertz CT molecular complexity index is 957. The molecule has 2 aromatic carbocycles. The number of carbonyl (C=O) groups is 1. The van der Waals surface area contributed by atoms with E-state index in [9.17, 15) is 4.79 Å². The highest BCUT2D eigenvalue weighted by Gasteiger charge is 2.43. The number of amides is 1. The van der Waals surface area contributed by atoms with Crippen LogP contribution in [0.3, 0.4) is 0 Å². The van der Waals surface area contributed by atoms with Crippen LogP contribution in [0.15, 0.2) is 53.7 Å². The van der Waals surface area contributed by atoms with E-state index in [-0.39, 0.29) is 11.0 Å². The minimum Gasteiger partial charge on any atom is -0.388 e. The molecule has 7 heteroatoms. The lowest BCUT2D eigenvalue weighted by molar-refractivity contribution is -0.154. The fourth-order valence-electron chi connectivity index (χ4n) is 3.88. The first-order valence-electron chi connectivity index (χ1n) is 10.6. The number of hydrogen-bond acceptors (Lipinski definition) is 5. The number of carbonyl (C=O) groups excluding carboxylic acids is 1. The Balaban J connectivity index is 1.26. The molecule has 0 aromatic heterocycles. The minimum absolute atomic E-state index is 0.0717. The molecule has 0 bridgehead atoms. The molecule has 0 aliphatic carbocycles. The van der Waals surface area contributed by atoms with Crippen LogP contribution in [0.1, 0.15) is 51.2 Å². The number of nitrogens with one attached hydrogen (secondary N) is 1. The number of anilines is 1. The van der Waals surface area contributed by atoms with E-state index in [1.165, 1.54) is 5.56 Å². The van der Waals surface area contributed by atoms with Gasteiger partial charge in [-0.25, -0.2) is 4.79 Å². The maximum absolute atomic E-state index is 12.3. The third-order valence-electron chi connectivity index (χ3n) is 5.86. The normalized spacial score (nSPS) is 18.4. The average Bonchev–Trinajstić information content (AvgIpc) is 3.14. The molecular formula is C24H28ClN3O3. The number of piperidine rings is 1. The van der Waals surface area contributed by atoms with Gasteiger partial charge in [-0.2, -0.15) is 0 Å². The highest BCUT2D eigenvalue weighted by Crippen LogP contribution is 2.36. The largest absolute Gasteiger partial charge is 0.430 e. The number of oxime groups is 1. The highest BCUT2D eigenvalue weighted by molar-refractivity contribution is 6.30. The summed E-state index contributed by atoms with van der Waals surface area (Å²) in [7, 11) is 0. The summed E-state index contributed by atoms with van der Waals surface area (Å²) in [5.74, 6) is 0. The van der Waals surface area contributed by atoms with Crippen LogP contribution in [0.2, 0.25) is 5.02 Å². The summed E-state index contributed by atoms with van der Waals surface area (Å²) in [6.07, 6.45) is 1.74. The van der Waals surface area contributed by atoms with Crippen molar-refractivity contribution in [3.63, 3.8) is 0 Å². The number of benzene rings is 2. The molecular weight excluding hydrogens is 414 g/mol. The molecule has 6 nitrogen and oxygen atoms in total. The lowest BCUT2D eigenvalue weighted by atomic mass is 9.86. The molecule has 31 heavy (non-hydrogen) atoms. The number of halogens is 1. The predicted octanol–water partition coefficient (Wildman–Crippen LogP) is 5.76. The molecule has 164 valence electrons. The van der Waals surface area contributed by atoms with Gasteiger partial charge in [-0.15, -0.1) is 5.06 Å². The number of rotatable bonds is 3. The van der Waals surface area contributed by atoms with Gasteiger partial charge in [-0.1, -0.05) is 61.8 Å². The first-order chi connectivity index (χ1) is 14.7. The molecule has 1 spiro atoms. The monoisotopic (exact) mass is 441 g/mol. The Morgan fingerprint density at radius 2 is 1.74 bits per heavy atom. The highest BCUT2D eigenvalue weighted by atomic mass is 35.5. The van der Waals surface area contributed by atoms with E-state index in [2.05, 4.69) is 31.2 Å². The summed E-state index contributed by atoms with van der Waals surface area (Å²) in [5.41, 5.74) is 3.63. The van der Waals surface area contributed by atoms with Crippen LogP contribution in [0, 0.1) is 0 Å². The van der Waals surface area contributed by atoms with Crippen LogP contribution in [0.5, 0.6) is 0 Å². The van der Waals surface area contributed by atoms with Gasteiger partial charge >= 0.3 is 6.09 Å². The van der Waals surface area contributed by atoms with E-state index in [0.717, 1.165) is 30.5 Å². The fraction of sp³-hybridized carbons (Fsp3) is 0.417. The van der Waals surface area contributed by atoms with E-state index < -0.39 is 6.09 Å². The molecule has 1 N–H and O–H groups in total. The summed E-state index contributed by atoms with van der Waals surface area (Å²) >= 11 is 5.97. The molecule has 1 fully saturated rings. The van der Waals surface area contributed by atoms with Crippen molar-refractivity contribution in [2.24, 2.45) is 5.16 Å². The van der Waals surface area contributed by atoms with Gasteiger partial charge in [0.2, 0.25) is 0 Å². The van der Waals surface area contributed by atoms with Crippen LogP contribution in [-0.2, 0) is 15.1 Å². The number of hydrogen-bond donors (Lipinski definition) is 1. The predicted molar refractivity (Wildman–Crippen MR) is 122 cm³/mol. The summed E-state index contributed by atoms with van der Waals surface area (Å²) < 4.78 is 0. The van der Waals surface area contributed by atoms with Crippen molar-refractivity contribution in [3.8, 4) is 0 Å². The SMILES string of the molecule is CC(C)(C)c1ccc(NC(=O)ON2CCC3(CC2)CC(c2ccc(Cl)cc2)=NO3)cc1. The molecule has 1 saturated heterocycles. The minimum atomic E-state index is -0.482. The van der Waals surface area contributed by atoms with E-state index >= 15 is 0 Å². The van der Waals surface area contributed by atoms with Crippen LogP contribution in [0.25, 0.3) is 0 Å². The van der Waals surface area contributed by atoms with Gasteiger partial charge in [0.15, 0.2) is 0 Å². The van der Waals surface area contributed by atoms with E-state index in [1.54, 1.807) is 5.06 Å². The fourth-order valence-corrected chi connectivity index (χ4v) is 4.01. The van der Waals surface area contributed by atoms with Crippen molar-refractivity contribution >= 4 is 29.1 Å². The lowest BCUT2D eigenvalue weighted by Crippen LogP contribution is -2.45. The van der Waals surface area contributed by atoms with E-state index in [0.29, 0.717) is 23.8 Å². The second-order valence-corrected chi connectivity index (χ2v) is 9.69. The standard InChI is InChI=1S/C24H28ClN3O3/c1-23(2,3)18-6-10-20(11-7-18)26-22(29)30-28-14-12-24(13-15-28)16-21(27-31-24)17-4-8-19(25)9-5-17/h4-11H,12-16H2,1-3H3,(H,26,29). The lowest BCUT2D eigenvalue weighted by Gasteiger charge is -2.35. The van der Waals surface area contributed by atoms with Crippen molar-refractivity contribution < 1.29 is 14.5 Å². The van der Waals surface area contributed by atoms with Gasteiger partial charge in [0, 0.05) is 43.1 Å². The third-order valence-corrected chi connectivity index (χ3v) is 6.11. The Kier molecular flexibility index (Phi) is 5.95. The average molecular weight is 442 g/mol. The second kappa shape index (κ2) is 8.52. The molecule has 0 atom stereocenters. The van der Waals surface area contributed by atoms with Crippen molar-refractivity contribution in [3.05, 3.63) is 64.7 Å². The first kappa shape index (κ1) is 21.7. The molecule has 2 aromatic rings. The molecule has 1 amide bonds. The number of nitrogens with zero attached hydrogens (tertiary/aromatic N) is 2. The Morgan fingerprint density at radius 1 is 1.10 bits per heavy atom. The van der Waals surface area contributed by atoms with Gasteiger partial charge in [0.25, 0.3) is 0 Å². The first-order valence-corrected chi connectivity index (χ1v) is 11.0. The van der Waals surface area contributed by atoms with E-state index in [4.69, 9.17) is 21.3 Å². The molecule has 0 saturated carbocycles. The summed E-state index contributed by atoms with van der Waals surface area (Å²) in [5, 5.41) is 9.50. The topological polar surface area (TPSA) is 63.2 Å². The van der Waals surface area contributed by atoms with Gasteiger partial charge < -0.3 is 9.68 Å². The van der Waals surface area contributed by atoms with Crippen molar-refractivity contribution in [2.75, 3.05) is 18.4 Å².